The molecule has 8 nitrogen and oxygen atoms in total. The number of ether oxygens (including phenoxy) is 3. The van der Waals surface area contributed by atoms with Crippen molar-refractivity contribution in [2.75, 3.05) is 19.7 Å². The molecule has 198 valence electrons. The highest BCUT2D eigenvalue weighted by molar-refractivity contribution is 5.79. The van der Waals surface area contributed by atoms with Crippen molar-refractivity contribution in [3.8, 4) is 17.2 Å². The molecule has 1 N–H and O–H groups in total. The number of likely N-dealkylation sites (tertiary alicyclic amines) is 1. The largest absolute Gasteiger partial charge is 0.511 e. The maximum Gasteiger partial charge on any atom is 0.511 e. The molecule has 1 aliphatic rings. The number of hydrogen-bond donors (Lipinski definition) is 1. The van der Waals surface area contributed by atoms with Gasteiger partial charge in [0.2, 0.25) is 0 Å². The van der Waals surface area contributed by atoms with Gasteiger partial charge in [-0.25, -0.2) is 9.78 Å². The molecule has 0 spiro atoms. The number of aryl methyl sites for hydroxylation is 1. The first kappa shape index (κ1) is 25.6. The highest BCUT2D eigenvalue weighted by atomic mass is 16.7. The first-order valence-electron chi connectivity index (χ1n) is 13.0. The number of carboxylic acid groups (broad SMARTS) is 1. The molecular weight excluding hydrogens is 482 g/mol. The molecule has 1 fully saturated rings. The van der Waals surface area contributed by atoms with Crippen LogP contribution in [-0.4, -0.2) is 45.4 Å². The molecule has 0 bridgehead atoms. The molecule has 2 heterocycles. The van der Waals surface area contributed by atoms with Gasteiger partial charge in [0.15, 0.2) is 11.5 Å². The predicted octanol–water partition coefficient (Wildman–Crippen LogP) is 6.22. The Bertz CT molecular complexity index is 1390. The van der Waals surface area contributed by atoms with Gasteiger partial charge in [-0.05, 0) is 62.1 Å². The normalized spacial score (nSPS) is 14.5. The number of benzene rings is 3. The zero-order chi connectivity index (χ0) is 26.5. The van der Waals surface area contributed by atoms with Crippen LogP contribution in [0.5, 0.6) is 17.2 Å². The Morgan fingerprint density at radius 3 is 2.50 bits per heavy atom. The second-order valence-electron chi connectivity index (χ2n) is 9.54. The molecule has 0 aliphatic carbocycles. The molecule has 1 saturated heterocycles. The van der Waals surface area contributed by atoms with Gasteiger partial charge in [0.05, 0.1) is 17.6 Å². The molecule has 8 heteroatoms. The molecule has 4 aromatic rings. The van der Waals surface area contributed by atoms with Crippen LogP contribution in [0, 0.1) is 6.92 Å². The first-order valence-corrected chi connectivity index (χ1v) is 13.0. The molecule has 38 heavy (non-hydrogen) atoms. The van der Waals surface area contributed by atoms with E-state index < -0.39 is 6.16 Å². The average Bonchev–Trinajstić information content (AvgIpc) is 3.24. The lowest BCUT2D eigenvalue weighted by Crippen LogP contribution is -2.34. The topological polar surface area (TPSA) is 86.0 Å². The summed E-state index contributed by atoms with van der Waals surface area (Å²) >= 11 is 0. The van der Waals surface area contributed by atoms with Crippen LogP contribution in [-0.2, 0) is 13.2 Å². The van der Waals surface area contributed by atoms with E-state index in [2.05, 4.69) is 38.7 Å². The average molecular weight is 516 g/mol. The standard InChI is InChI=1S/C30H33N3O5/c1-3-36-29-17-23(9-12-28(29)37-20-22-7-5-4-6-8-22)19-32-15-13-24(14-16-32)33-21(2)31-26-18-25(38-30(34)35)10-11-27(26)33/h4-12,17-18,24H,3,13-16,19-20H2,1-2H3,(H,34,35). The minimum Gasteiger partial charge on any atom is -0.490 e. The van der Waals surface area contributed by atoms with Gasteiger partial charge in [-0.1, -0.05) is 36.4 Å². The van der Waals surface area contributed by atoms with Crippen LogP contribution in [0.25, 0.3) is 11.0 Å². The van der Waals surface area contributed by atoms with Gasteiger partial charge < -0.3 is 23.9 Å². The van der Waals surface area contributed by atoms with Crippen molar-refractivity contribution in [2.24, 2.45) is 0 Å². The molecule has 0 unspecified atom stereocenters. The summed E-state index contributed by atoms with van der Waals surface area (Å²) in [6.45, 7) is 7.87. The van der Waals surface area contributed by atoms with Gasteiger partial charge in [-0.3, -0.25) is 4.90 Å². The SMILES string of the molecule is CCOc1cc(CN2CCC(n3c(C)nc4cc(OC(=O)O)ccc43)CC2)ccc1OCc1ccccc1. The van der Waals surface area contributed by atoms with E-state index in [1.165, 1.54) is 5.56 Å². The molecular formula is C30H33N3O5. The van der Waals surface area contributed by atoms with Crippen molar-refractivity contribution in [3.63, 3.8) is 0 Å². The lowest BCUT2D eigenvalue weighted by atomic mass is 10.0. The number of rotatable bonds is 9. The van der Waals surface area contributed by atoms with Crippen LogP contribution in [0.1, 0.15) is 42.8 Å². The summed E-state index contributed by atoms with van der Waals surface area (Å²) in [4.78, 5) is 18.0. The second kappa shape index (κ2) is 11.6. The fourth-order valence-electron chi connectivity index (χ4n) is 5.19. The van der Waals surface area contributed by atoms with E-state index in [1.807, 2.05) is 44.2 Å². The fraction of sp³-hybridized carbons (Fsp3) is 0.333. The van der Waals surface area contributed by atoms with Crippen molar-refractivity contribution < 1.29 is 24.1 Å². The lowest BCUT2D eigenvalue weighted by Gasteiger charge is -2.33. The summed E-state index contributed by atoms with van der Waals surface area (Å²) in [5.74, 6) is 2.76. The van der Waals surface area contributed by atoms with Crippen LogP contribution in [0.15, 0.2) is 66.7 Å². The van der Waals surface area contributed by atoms with Crippen LogP contribution >= 0.6 is 0 Å². The summed E-state index contributed by atoms with van der Waals surface area (Å²) in [6.07, 6.45) is 0.697. The Hall–Kier alpha value is -4.04. The summed E-state index contributed by atoms with van der Waals surface area (Å²) in [7, 11) is 0. The molecule has 0 saturated carbocycles. The van der Waals surface area contributed by atoms with Gasteiger partial charge in [-0.2, -0.15) is 0 Å². The van der Waals surface area contributed by atoms with Crippen LogP contribution < -0.4 is 14.2 Å². The van der Waals surface area contributed by atoms with E-state index in [9.17, 15) is 4.79 Å². The number of piperidine rings is 1. The molecule has 3 aromatic carbocycles. The van der Waals surface area contributed by atoms with Crippen LogP contribution in [0.3, 0.4) is 0 Å². The van der Waals surface area contributed by atoms with E-state index in [4.69, 9.17) is 19.3 Å². The number of hydrogen-bond acceptors (Lipinski definition) is 6. The number of nitrogens with zero attached hydrogens (tertiary/aromatic N) is 3. The third-order valence-electron chi connectivity index (χ3n) is 6.92. The Balaban J connectivity index is 1.22. The number of carbonyl (C=O) groups is 1. The summed E-state index contributed by atoms with van der Waals surface area (Å²) in [5, 5.41) is 8.89. The van der Waals surface area contributed by atoms with Gasteiger partial charge >= 0.3 is 6.16 Å². The maximum atomic E-state index is 10.9. The number of imidazole rings is 1. The van der Waals surface area contributed by atoms with Crippen LogP contribution in [0.4, 0.5) is 4.79 Å². The minimum atomic E-state index is -1.32. The monoisotopic (exact) mass is 515 g/mol. The van der Waals surface area contributed by atoms with E-state index in [-0.39, 0.29) is 5.75 Å². The van der Waals surface area contributed by atoms with Crippen molar-refractivity contribution in [2.45, 2.75) is 45.9 Å². The van der Waals surface area contributed by atoms with Crippen molar-refractivity contribution in [1.82, 2.24) is 14.5 Å². The molecule has 1 aliphatic heterocycles. The Morgan fingerprint density at radius 2 is 1.76 bits per heavy atom. The summed E-state index contributed by atoms with van der Waals surface area (Å²) in [5.41, 5.74) is 4.08. The molecule has 5 rings (SSSR count). The van der Waals surface area contributed by atoms with Gasteiger partial charge in [0.25, 0.3) is 0 Å². The van der Waals surface area contributed by atoms with Crippen molar-refractivity contribution in [1.29, 1.82) is 0 Å². The highest BCUT2D eigenvalue weighted by Gasteiger charge is 2.24. The molecule has 0 amide bonds. The van der Waals surface area contributed by atoms with E-state index >= 15 is 0 Å². The quantitative estimate of drug-likeness (QED) is 0.209. The van der Waals surface area contributed by atoms with Crippen LogP contribution in [0.2, 0.25) is 0 Å². The van der Waals surface area contributed by atoms with Crippen molar-refractivity contribution >= 4 is 17.2 Å². The number of fused-ring (bicyclic) bond motifs is 1. The van der Waals surface area contributed by atoms with E-state index in [1.54, 1.807) is 12.1 Å². The smallest absolute Gasteiger partial charge is 0.490 e. The van der Waals surface area contributed by atoms with Gasteiger partial charge in [0, 0.05) is 31.7 Å². The number of aromatic nitrogens is 2. The minimum absolute atomic E-state index is 0.285. The Morgan fingerprint density at radius 1 is 0.974 bits per heavy atom. The van der Waals surface area contributed by atoms with E-state index in [0.717, 1.165) is 66.4 Å². The highest BCUT2D eigenvalue weighted by Crippen LogP contribution is 2.33. The zero-order valence-electron chi connectivity index (χ0n) is 21.8. The first-order chi connectivity index (χ1) is 18.5. The third kappa shape index (κ3) is 5.92. The third-order valence-corrected chi connectivity index (χ3v) is 6.92. The zero-order valence-corrected chi connectivity index (χ0v) is 21.8. The fourth-order valence-corrected chi connectivity index (χ4v) is 5.19. The van der Waals surface area contributed by atoms with Gasteiger partial charge in [0.1, 0.15) is 18.2 Å². The lowest BCUT2D eigenvalue weighted by molar-refractivity contribution is 0.144. The molecule has 0 radical (unpaired) electrons. The van der Waals surface area contributed by atoms with Crippen molar-refractivity contribution in [3.05, 3.63) is 83.7 Å². The maximum absolute atomic E-state index is 10.9. The molecule has 0 atom stereocenters. The Labute approximate surface area is 222 Å². The predicted molar refractivity (Wildman–Crippen MR) is 145 cm³/mol. The molecule has 1 aromatic heterocycles. The van der Waals surface area contributed by atoms with Gasteiger partial charge in [-0.15, -0.1) is 0 Å². The second-order valence-corrected chi connectivity index (χ2v) is 9.54. The summed E-state index contributed by atoms with van der Waals surface area (Å²) in [6, 6.07) is 22.0. The van der Waals surface area contributed by atoms with E-state index in [0.29, 0.717) is 19.3 Å². The Kier molecular flexibility index (Phi) is 7.79. The summed E-state index contributed by atoms with van der Waals surface area (Å²) < 4.78 is 19.1.